The molecule has 198 valence electrons. The Balaban J connectivity index is 0.951. The normalized spacial score (nSPS) is 22.6. The predicted octanol–water partition coefficient (Wildman–Crippen LogP) is 4.72. The molecular weight excluding hydrogens is 494 g/mol. The van der Waals surface area contributed by atoms with Crippen molar-refractivity contribution in [3.8, 4) is 0 Å². The van der Waals surface area contributed by atoms with E-state index in [0.29, 0.717) is 12.6 Å². The molecule has 3 atom stereocenters. The Kier molecular flexibility index (Phi) is 7.81. The summed E-state index contributed by atoms with van der Waals surface area (Å²) in [5, 5.41) is 6.39. The van der Waals surface area contributed by atoms with Crippen LogP contribution in [0.5, 0.6) is 0 Å². The maximum atomic E-state index is 12.3. The summed E-state index contributed by atoms with van der Waals surface area (Å²) in [7, 11) is 0. The summed E-state index contributed by atoms with van der Waals surface area (Å²) in [4.78, 5) is 21.7. The number of thioether (sulfide) groups is 1. The van der Waals surface area contributed by atoms with Crippen LogP contribution in [-0.2, 0) is 11.2 Å². The Morgan fingerprint density at radius 3 is 2.82 bits per heavy atom. The van der Waals surface area contributed by atoms with Gasteiger partial charge in [-0.25, -0.2) is 4.79 Å². The zero-order valence-electron chi connectivity index (χ0n) is 21.6. The van der Waals surface area contributed by atoms with Gasteiger partial charge in [-0.1, -0.05) is 48.5 Å². The van der Waals surface area contributed by atoms with Crippen LogP contribution in [0, 0.1) is 0 Å². The van der Waals surface area contributed by atoms with Crippen LogP contribution in [0.1, 0.15) is 46.5 Å². The Labute approximate surface area is 229 Å². The van der Waals surface area contributed by atoms with Crippen molar-refractivity contribution >= 4 is 23.5 Å². The number of anilines is 1. The number of para-hydroxylation sites is 1. The lowest BCUT2D eigenvalue weighted by atomic mass is 9.96. The number of unbranched alkanes of at least 4 members (excludes halogenated alkanes) is 1. The average molecular weight is 530 g/mol. The van der Waals surface area contributed by atoms with Crippen molar-refractivity contribution in [2.24, 2.45) is 0 Å². The summed E-state index contributed by atoms with van der Waals surface area (Å²) in [6.07, 6.45) is 5.96. The van der Waals surface area contributed by atoms with Crippen LogP contribution in [0.3, 0.4) is 0 Å². The Morgan fingerprint density at radius 1 is 1.05 bits per heavy atom. The number of aromatic nitrogens is 1. The number of amides is 1. The first-order chi connectivity index (χ1) is 18.7. The van der Waals surface area contributed by atoms with Gasteiger partial charge in [-0.05, 0) is 60.2 Å². The molecule has 4 heterocycles. The first-order valence-corrected chi connectivity index (χ1v) is 14.7. The number of carbonyl (C=O) groups is 1. The third-order valence-corrected chi connectivity index (χ3v) is 8.96. The molecule has 6 rings (SSSR count). The maximum Gasteiger partial charge on any atom is 0.408 e. The number of hydrogen-bond acceptors (Lipinski definition) is 7. The number of piperazine rings is 1. The second kappa shape index (κ2) is 11.8. The van der Waals surface area contributed by atoms with Crippen molar-refractivity contribution in [1.82, 2.24) is 20.5 Å². The van der Waals surface area contributed by atoms with E-state index in [1.165, 1.54) is 22.4 Å². The lowest BCUT2D eigenvalue weighted by Gasteiger charge is -2.43. The van der Waals surface area contributed by atoms with Crippen LogP contribution in [0.2, 0.25) is 0 Å². The van der Waals surface area contributed by atoms with E-state index >= 15 is 0 Å². The largest absolute Gasteiger partial charge is 0.429 e. The molecule has 2 saturated heterocycles. The maximum absolute atomic E-state index is 12.3. The lowest BCUT2D eigenvalue weighted by Crippen LogP contribution is -2.48. The topological polar surface area (TPSA) is 69.7 Å². The van der Waals surface area contributed by atoms with E-state index in [-0.39, 0.29) is 17.7 Å². The molecule has 3 aromatic rings. The van der Waals surface area contributed by atoms with Crippen LogP contribution in [-0.4, -0.2) is 60.7 Å². The molecule has 3 aliphatic rings. The van der Waals surface area contributed by atoms with Crippen molar-refractivity contribution in [3.05, 3.63) is 95.3 Å². The molecule has 3 aliphatic heterocycles. The van der Waals surface area contributed by atoms with Gasteiger partial charge in [0.1, 0.15) is 0 Å². The molecule has 3 unspecified atom stereocenters. The number of ether oxygens (including phenoxy) is 1. The van der Waals surface area contributed by atoms with E-state index in [9.17, 15) is 4.79 Å². The molecule has 8 heteroatoms. The molecule has 0 saturated carbocycles. The quantitative estimate of drug-likeness (QED) is 0.430. The third-order valence-electron chi connectivity index (χ3n) is 7.72. The fourth-order valence-electron chi connectivity index (χ4n) is 5.83. The molecule has 0 bridgehead atoms. The minimum absolute atomic E-state index is 0.107. The summed E-state index contributed by atoms with van der Waals surface area (Å²) in [5.41, 5.74) is 6.81. The van der Waals surface area contributed by atoms with Crippen molar-refractivity contribution in [1.29, 1.82) is 0 Å². The predicted molar refractivity (Wildman–Crippen MR) is 152 cm³/mol. The van der Waals surface area contributed by atoms with E-state index in [1.807, 2.05) is 18.3 Å². The fraction of sp³-hybridized carbons (Fsp3) is 0.400. The third kappa shape index (κ3) is 5.67. The molecular formula is C30H35N5O2S. The minimum atomic E-state index is -0.350. The highest BCUT2D eigenvalue weighted by Gasteiger charge is 2.33. The van der Waals surface area contributed by atoms with E-state index in [0.717, 1.165) is 56.8 Å². The summed E-state index contributed by atoms with van der Waals surface area (Å²) in [5.74, 6) is 0.730. The molecule has 0 radical (unpaired) electrons. The van der Waals surface area contributed by atoms with E-state index in [4.69, 9.17) is 4.74 Å². The van der Waals surface area contributed by atoms with Gasteiger partial charge in [0.15, 0.2) is 6.23 Å². The summed E-state index contributed by atoms with van der Waals surface area (Å²) in [6, 6.07) is 22.2. The van der Waals surface area contributed by atoms with Gasteiger partial charge >= 0.3 is 6.09 Å². The number of nitrogens with one attached hydrogen (secondary N) is 2. The average Bonchev–Trinajstić information content (AvgIpc) is 3.37. The Morgan fingerprint density at radius 2 is 1.92 bits per heavy atom. The first kappa shape index (κ1) is 25.2. The van der Waals surface area contributed by atoms with Gasteiger partial charge in [0.05, 0.1) is 11.4 Å². The molecule has 38 heavy (non-hydrogen) atoms. The van der Waals surface area contributed by atoms with Gasteiger partial charge in [-0.2, -0.15) is 0 Å². The number of alkyl carbamates (subject to hydrolysis) is 1. The fourth-order valence-corrected chi connectivity index (χ4v) is 6.94. The number of benzene rings is 2. The highest BCUT2D eigenvalue weighted by molar-refractivity contribution is 7.99. The van der Waals surface area contributed by atoms with Gasteiger partial charge < -0.3 is 15.0 Å². The molecule has 0 aliphatic carbocycles. The van der Waals surface area contributed by atoms with Gasteiger partial charge in [0.25, 0.3) is 0 Å². The molecule has 2 N–H and O–H groups in total. The summed E-state index contributed by atoms with van der Waals surface area (Å²) >= 11 is 1.73. The second-order valence-electron chi connectivity index (χ2n) is 10.2. The summed E-state index contributed by atoms with van der Waals surface area (Å²) in [6.45, 7) is 4.80. The van der Waals surface area contributed by atoms with E-state index in [1.54, 1.807) is 18.0 Å². The zero-order chi connectivity index (χ0) is 25.7. The van der Waals surface area contributed by atoms with E-state index < -0.39 is 0 Å². The number of nitrogens with zero attached hydrogens (tertiary/aromatic N) is 3. The molecule has 1 aromatic heterocycles. The molecule has 7 nitrogen and oxygen atoms in total. The van der Waals surface area contributed by atoms with Crippen LogP contribution in [0.4, 0.5) is 10.5 Å². The Bertz CT molecular complexity index is 1240. The molecule has 0 spiro atoms. The monoisotopic (exact) mass is 529 g/mol. The number of carbonyl (C=O) groups excluding carboxylic acids is 1. The van der Waals surface area contributed by atoms with Gasteiger partial charge in [0.2, 0.25) is 0 Å². The minimum Gasteiger partial charge on any atom is -0.429 e. The highest BCUT2D eigenvalue weighted by atomic mass is 32.2. The van der Waals surface area contributed by atoms with Gasteiger partial charge in [0, 0.05) is 50.0 Å². The van der Waals surface area contributed by atoms with Crippen molar-refractivity contribution in [2.75, 3.05) is 43.4 Å². The van der Waals surface area contributed by atoms with Crippen molar-refractivity contribution < 1.29 is 9.53 Å². The van der Waals surface area contributed by atoms with Crippen molar-refractivity contribution in [2.45, 2.75) is 36.9 Å². The number of fused-ring (bicyclic) bond motifs is 5. The van der Waals surface area contributed by atoms with Crippen LogP contribution < -0.4 is 15.5 Å². The van der Waals surface area contributed by atoms with Gasteiger partial charge in [-0.3, -0.25) is 15.2 Å². The zero-order valence-corrected chi connectivity index (χ0v) is 22.4. The number of hydrogen-bond donors (Lipinski definition) is 2. The lowest BCUT2D eigenvalue weighted by molar-refractivity contribution is 0.0938. The number of pyridine rings is 1. The van der Waals surface area contributed by atoms with Crippen molar-refractivity contribution in [3.63, 3.8) is 0 Å². The second-order valence-corrected chi connectivity index (χ2v) is 11.3. The molecule has 2 fully saturated rings. The summed E-state index contributed by atoms with van der Waals surface area (Å²) < 4.78 is 5.57. The first-order valence-electron chi connectivity index (χ1n) is 13.6. The van der Waals surface area contributed by atoms with Crippen LogP contribution in [0.15, 0.2) is 73.1 Å². The van der Waals surface area contributed by atoms with Crippen LogP contribution >= 0.6 is 11.8 Å². The Hall–Kier alpha value is -3.07. The molecule has 1 amide bonds. The van der Waals surface area contributed by atoms with Gasteiger partial charge in [-0.15, -0.1) is 11.8 Å². The smallest absolute Gasteiger partial charge is 0.408 e. The standard InChI is InChI=1S/C30H35N5O2S/c36-30(37-28-21-38-29(33-28)24-10-7-13-31-19-24)32-14-5-6-15-34-16-17-35-26-12-4-2-9-23(26)18-22-8-1-3-11-25(22)27(35)20-34/h1-4,7-13,19,27-29,33H,5-6,14-18,20-21H2,(H,32,36). The highest BCUT2D eigenvalue weighted by Crippen LogP contribution is 2.39. The molecule has 2 aromatic carbocycles. The number of rotatable bonds is 7. The van der Waals surface area contributed by atoms with E-state index in [2.05, 4.69) is 73.9 Å². The van der Waals surface area contributed by atoms with Crippen LogP contribution in [0.25, 0.3) is 0 Å². The SMILES string of the molecule is O=C(NCCCCN1CCN2c3ccccc3Cc3ccccc3C2C1)OC1CSC(c2cccnc2)N1.